The Bertz CT molecular complexity index is 418. The molecule has 0 heterocycles. The molecular weight excluding hydrogens is 204 g/mol. The van der Waals surface area contributed by atoms with Crippen LogP contribution in [0.25, 0.3) is 0 Å². The monoisotopic (exact) mass is 226 g/mol. The van der Waals surface area contributed by atoms with Gasteiger partial charge in [0.05, 0.1) is 0 Å². The first-order chi connectivity index (χ1) is 8.29. The number of aryl methyl sites for hydroxylation is 1. The molecule has 0 aliphatic heterocycles. The second-order valence-corrected chi connectivity index (χ2v) is 4.95. The van der Waals surface area contributed by atoms with Gasteiger partial charge in [-0.05, 0) is 49.3 Å². The zero-order valence-corrected chi connectivity index (χ0v) is 11.0. The molecule has 17 heavy (non-hydrogen) atoms. The lowest BCUT2D eigenvalue weighted by Crippen LogP contribution is -1.99. The number of hydrogen-bond donors (Lipinski definition) is 0. The van der Waals surface area contributed by atoms with Crippen molar-refractivity contribution in [3.05, 3.63) is 58.7 Å². The third kappa shape index (κ3) is 3.33. The summed E-state index contributed by atoms with van der Waals surface area (Å²) in [5.41, 5.74) is 5.92. The highest BCUT2D eigenvalue weighted by Gasteiger charge is 2.08. The van der Waals surface area contributed by atoms with Crippen molar-refractivity contribution in [2.24, 2.45) is 0 Å². The summed E-state index contributed by atoms with van der Waals surface area (Å²) in [7, 11) is 0. The van der Waals surface area contributed by atoms with Crippen LogP contribution in [-0.4, -0.2) is 0 Å². The molecule has 0 unspecified atom stereocenters. The SMILES string of the molecule is CCCC1=CCCC=C1Cc1ccc(C)cc1. The van der Waals surface area contributed by atoms with E-state index in [4.69, 9.17) is 0 Å². The third-order valence-electron chi connectivity index (χ3n) is 3.40. The van der Waals surface area contributed by atoms with E-state index in [0.29, 0.717) is 0 Å². The van der Waals surface area contributed by atoms with Gasteiger partial charge in [0.1, 0.15) is 0 Å². The van der Waals surface area contributed by atoms with Crippen LogP contribution < -0.4 is 0 Å². The molecule has 1 aliphatic rings. The number of benzene rings is 1. The van der Waals surface area contributed by atoms with E-state index >= 15 is 0 Å². The van der Waals surface area contributed by atoms with Crippen molar-refractivity contribution in [1.82, 2.24) is 0 Å². The van der Waals surface area contributed by atoms with E-state index in [-0.39, 0.29) is 0 Å². The van der Waals surface area contributed by atoms with E-state index in [9.17, 15) is 0 Å². The minimum absolute atomic E-state index is 1.10. The quantitative estimate of drug-likeness (QED) is 0.679. The van der Waals surface area contributed by atoms with Crippen molar-refractivity contribution >= 4 is 0 Å². The van der Waals surface area contributed by atoms with Crippen LogP contribution in [0.3, 0.4) is 0 Å². The van der Waals surface area contributed by atoms with Gasteiger partial charge in [-0.25, -0.2) is 0 Å². The Morgan fingerprint density at radius 1 is 0.941 bits per heavy atom. The summed E-state index contributed by atoms with van der Waals surface area (Å²) < 4.78 is 0. The molecule has 0 N–H and O–H groups in total. The molecule has 0 saturated carbocycles. The van der Waals surface area contributed by atoms with Crippen molar-refractivity contribution in [1.29, 1.82) is 0 Å². The molecule has 0 bridgehead atoms. The van der Waals surface area contributed by atoms with Crippen molar-refractivity contribution in [3.8, 4) is 0 Å². The highest BCUT2D eigenvalue weighted by atomic mass is 14.1. The Morgan fingerprint density at radius 2 is 1.59 bits per heavy atom. The first kappa shape index (κ1) is 12.2. The fourth-order valence-electron chi connectivity index (χ4n) is 2.42. The van der Waals surface area contributed by atoms with Gasteiger partial charge in [-0.3, -0.25) is 0 Å². The maximum atomic E-state index is 2.44. The second-order valence-electron chi connectivity index (χ2n) is 4.95. The van der Waals surface area contributed by atoms with Crippen LogP contribution in [0.2, 0.25) is 0 Å². The van der Waals surface area contributed by atoms with E-state index in [1.165, 1.54) is 36.8 Å². The Kier molecular flexibility index (Phi) is 4.19. The molecule has 0 atom stereocenters. The molecule has 1 aromatic rings. The van der Waals surface area contributed by atoms with E-state index in [1.54, 1.807) is 11.1 Å². The molecular formula is C17H22. The van der Waals surface area contributed by atoms with Gasteiger partial charge in [-0.1, -0.05) is 55.3 Å². The maximum Gasteiger partial charge on any atom is -0.00263 e. The molecule has 0 saturated heterocycles. The van der Waals surface area contributed by atoms with E-state index in [1.807, 2.05) is 0 Å². The van der Waals surface area contributed by atoms with Gasteiger partial charge in [0.2, 0.25) is 0 Å². The van der Waals surface area contributed by atoms with Crippen LogP contribution >= 0.6 is 0 Å². The molecule has 0 spiro atoms. The molecule has 0 aromatic heterocycles. The number of hydrogen-bond acceptors (Lipinski definition) is 0. The first-order valence-electron chi connectivity index (χ1n) is 6.73. The second kappa shape index (κ2) is 5.86. The van der Waals surface area contributed by atoms with Crippen molar-refractivity contribution in [3.63, 3.8) is 0 Å². The standard InChI is InChI=1S/C17H22/c1-3-6-16-7-4-5-8-17(16)13-15-11-9-14(2)10-12-15/h7-12H,3-6,13H2,1-2H3. The van der Waals surface area contributed by atoms with Crippen molar-refractivity contribution in [2.45, 2.75) is 46.0 Å². The van der Waals surface area contributed by atoms with E-state index in [2.05, 4.69) is 50.3 Å². The summed E-state index contributed by atoms with van der Waals surface area (Å²) in [5.74, 6) is 0. The van der Waals surface area contributed by atoms with Gasteiger partial charge in [0.25, 0.3) is 0 Å². The normalized spacial score (nSPS) is 15.4. The van der Waals surface area contributed by atoms with Crippen LogP contribution in [0.1, 0.15) is 43.7 Å². The largest absolute Gasteiger partial charge is 0.0807 e. The van der Waals surface area contributed by atoms with Gasteiger partial charge in [0.15, 0.2) is 0 Å². The average molecular weight is 226 g/mol. The predicted octanol–water partition coefficient (Wildman–Crippen LogP) is 4.98. The Balaban J connectivity index is 2.09. The summed E-state index contributed by atoms with van der Waals surface area (Å²) in [4.78, 5) is 0. The fourth-order valence-corrected chi connectivity index (χ4v) is 2.42. The minimum Gasteiger partial charge on any atom is -0.0807 e. The summed E-state index contributed by atoms with van der Waals surface area (Å²) in [6.07, 6.45) is 10.9. The molecule has 0 nitrogen and oxygen atoms in total. The van der Waals surface area contributed by atoms with Gasteiger partial charge >= 0.3 is 0 Å². The Labute approximate surface area is 105 Å². The fraction of sp³-hybridized carbons (Fsp3) is 0.412. The molecule has 0 fully saturated rings. The molecule has 2 rings (SSSR count). The van der Waals surface area contributed by atoms with Crippen molar-refractivity contribution < 1.29 is 0 Å². The highest BCUT2D eigenvalue weighted by molar-refractivity contribution is 5.38. The Hall–Kier alpha value is -1.30. The summed E-state index contributed by atoms with van der Waals surface area (Å²) in [6.45, 7) is 4.41. The lowest BCUT2D eigenvalue weighted by molar-refractivity contribution is 0.857. The molecule has 1 aliphatic carbocycles. The van der Waals surface area contributed by atoms with E-state index in [0.717, 1.165) is 6.42 Å². The van der Waals surface area contributed by atoms with Crippen LogP contribution in [0.15, 0.2) is 47.6 Å². The van der Waals surface area contributed by atoms with Gasteiger partial charge in [-0.15, -0.1) is 0 Å². The van der Waals surface area contributed by atoms with Gasteiger partial charge < -0.3 is 0 Å². The third-order valence-corrected chi connectivity index (χ3v) is 3.40. The molecule has 0 radical (unpaired) electrons. The molecule has 0 amide bonds. The van der Waals surface area contributed by atoms with E-state index < -0.39 is 0 Å². The molecule has 0 heteroatoms. The maximum absolute atomic E-state index is 2.44. The van der Waals surface area contributed by atoms with Gasteiger partial charge in [0, 0.05) is 0 Å². The lowest BCUT2D eigenvalue weighted by Gasteiger charge is -2.16. The summed E-state index contributed by atoms with van der Waals surface area (Å²) in [5, 5.41) is 0. The molecule has 90 valence electrons. The summed E-state index contributed by atoms with van der Waals surface area (Å²) in [6, 6.07) is 8.94. The predicted molar refractivity (Wildman–Crippen MR) is 75.2 cm³/mol. The van der Waals surface area contributed by atoms with Crippen LogP contribution in [-0.2, 0) is 6.42 Å². The number of rotatable bonds is 4. The lowest BCUT2D eigenvalue weighted by atomic mass is 9.90. The van der Waals surface area contributed by atoms with Crippen LogP contribution in [0.5, 0.6) is 0 Å². The zero-order valence-electron chi connectivity index (χ0n) is 11.0. The van der Waals surface area contributed by atoms with Crippen LogP contribution in [0, 0.1) is 6.92 Å². The smallest absolute Gasteiger partial charge is 0.00263 e. The number of allylic oxidation sites excluding steroid dienone is 4. The average Bonchev–Trinajstić information content (AvgIpc) is 2.35. The van der Waals surface area contributed by atoms with Gasteiger partial charge in [-0.2, -0.15) is 0 Å². The highest BCUT2D eigenvalue weighted by Crippen LogP contribution is 2.26. The topological polar surface area (TPSA) is 0 Å². The zero-order chi connectivity index (χ0) is 12.1. The minimum atomic E-state index is 1.10. The summed E-state index contributed by atoms with van der Waals surface area (Å²) >= 11 is 0. The molecule has 1 aromatic carbocycles. The van der Waals surface area contributed by atoms with Crippen LogP contribution in [0.4, 0.5) is 0 Å². The van der Waals surface area contributed by atoms with Crippen molar-refractivity contribution in [2.75, 3.05) is 0 Å². The first-order valence-corrected chi connectivity index (χ1v) is 6.73. The Morgan fingerprint density at radius 3 is 2.24 bits per heavy atom.